The first-order valence-corrected chi connectivity index (χ1v) is 13.7. The lowest BCUT2D eigenvalue weighted by atomic mass is 9.88. The van der Waals surface area contributed by atoms with E-state index in [1.165, 1.54) is 40.1 Å². The highest BCUT2D eigenvalue weighted by Crippen LogP contribution is 2.36. The van der Waals surface area contributed by atoms with Crippen LogP contribution in [-0.2, 0) is 0 Å². The fraction of sp³-hybridized carbons (Fsp3) is 0.448. The van der Waals surface area contributed by atoms with E-state index in [0.717, 1.165) is 37.1 Å². The molecule has 0 N–H and O–H groups in total. The summed E-state index contributed by atoms with van der Waals surface area (Å²) in [5, 5.41) is 0. The van der Waals surface area contributed by atoms with Gasteiger partial charge in [0.1, 0.15) is 5.82 Å². The summed E-state index contributed by atoms with van der Waals surface area (Å²) < 4.78 is 0. The summed E-state index contributed by atoms with van der Waals surface area (Å²) in [5.41, 5.74) is 6.43. The van der Waals surface area contributed by atoms with Crippen molar-refractivity contribution in [2.24, 2.45) is 0 Å². The van der Waals surface area contributed by atoms with Crippen molar-refractivity contribution < 1.29 is 0 Å². The number of aromatic nitrogens is 2. The molecule has 1 fully saturated rings. The second kappa shape index (κ2) is 10.8. The summed E-state index contributed by atoms with van der Waals surface area (Å²) >= 11 is 1.79. The van der Waals surface area contributed by atoms with Crippen LogP contribution < -0.4 is 9.80 Å². The maximum Gasteiger partial charge on any atom is 0.232 e. The third kappa shape index (κ3) is 5.25. The van der Waals surface area contributed by atoms with Gasteiger partial charge >= 0.3 is 0 Å². The van der Waals surface area contributed by atoms with Gasteiger partial charge in [0.25, 0.3) is 0 Å². The first-order chi connectivity index (χ1) is 16.4. The number of nitrogens with zero attached hydrogens (tertiary/aromatic N) is 4. The molecule has 0 saturated carbocycles. The van der Waals surface area contributed by atoms with Crippen LogP contribution in [-0.4, -0.2) is 35.9 Å². The molecule has 0 spiro atoms. The van der Waals surface area contributed by atoms with E-state index in [2.05, 4.69) is 99.2 Å². The van der Waals surface area contributed by atoms with Gasteiger partial charge in [0, 0.05) is 42.2 Å². The van der Waals surface area contributed by atoms with Crippen molar-refractivity contribution in [2.45, 2.75) is 64.2 Å². The van der Waals surface area contributed by atoms with Crippen LogP contribution in [0.3, 0.4) is 0 Å². The Balaban J connectivity index is 1.66. The molecule has 1 aromatic heterocycles. The molecule has 5 heteroatoms. The lowest BCUT2D eigenvalue weighted by Crippen LogP contribution is -2.35. The predicted molar refractivity (Wildman–Crippen MR) is 147 cm³/mol. The SMILES string of the molecule is CCN(c1nc(C)cc(N2CCCC(c3ccccc3C)C2)n1)c1ccc(C(C)C)cc1SC. The molecular formula is C29H38N4S. The quantitative estimate of drug-likeness (QED) is 0.331. The number of hydrogen-bond acceptors (Lipinski definition) is 5. The summed E-state index contributed by atoms with van der Waals surface area (Å²) in [4.78, 5) is 16.0. The third-order valence-corrected chi connectivity index (χ3v) is 7.69. The molecule has 1 saturated heterocycles. The average Bonchev–Trinajstić information content (AvgIpc) is 2.84. The van der Waals surface area contributed by atoms with Crippen LogP contribution in [0.2, 0.25) is 0 Å². The molecule has 1 aliphatic rings. The van der Waals surface area contributed by atoms with Crippen LogP contribution in [0.25, 0.3) is 0 Å². The number of thioether (sulfide) groups is 1. The maximum atomic E-state index is 5.12. The van der Waals surface area contributed by atoms with Crippen molar-refractivity contribution in [1.29, 1.82) is 0 Å². The van der Waals surface area contributed by atoms with Crippen molar-refractivity contribution >= 4 is 29.2 Å². The van der Waals surface area contributed by atoms with E-state index in [-0.39, 0.29) is 0 Å². The molecule has 180 valence electrons. The highest BCUT2D eigenvalue weighted by atomic mass is 32.2. The number of aryl methyl sites for hydroxylation is 2. The standard InChI is InChI=1S/C29H38N4S/c1-7-33(26-15-14-23(20(2)3)18-27(26)34-6)29-30-22(5)17-28(31-29)32-16-10-12-24(19-32)25-13-9-8-11-21(25)4/h8-9,11,13-15,17-18,20,24H,7,10,12,16,19H2,1-6H3. The Kier molecular flexibility index (Phi) is 7.82. The Morgan fingerprint density at radius 3 is 2.59 bits per heavy atom. The Hall–Kier alpha value is -2.53. The van der Waals surface area contributed by atoms with Crippen LogP contribution in [0, 0.1) is 13.8 Å². The van der Waals surface area contributed by atoms with Crippen LogP contribution in [0.4, 0.5) is 17.5 Å². The number of piperidine rings is 1. The normalized spacial score (nSPS) is 16.2. The Bertz CT molecular complexity index is 1130. The summed E-state index contributed by atoms with van der Waals surface area (Å²) in [6, 6.07) is 17.8. The minimum absolute atomic E-state index is 0.511. The average molecular weight is 475 g/mol. The fourth-order valence-corrected chi connectivity index (χ4v) is 5.64. The summed E-state index contributed by atoms with van der Waals surface area (Å²) in [6.45, 7) is 13.9. The number of rotatable bonds is 7. The summed E-state index contributed by atoms with van der Waals surface area (Å²) in [7, 11) is 0. The predicted octanol–water partition coefficient (Wildman–Crippen LogP) is 7.48. The molecule has 3 aromatic rings. The fourth-order valence-electron chi connectivity index (χ4n) is 5.00. The van der Waals surface area contributed by atoms with Crippen LogP contribution in [0.5, 0.6) is 0 Å². The Morgan fingerprint density at radius 1 is 1.09 bits per heavy atom. The molecule has 1 unspecified atom stereocenters. The monoisotopic (exact) mass is 474 g/mol. The topological polar surface area (TPSA) is 32.3 Å². The third-order valence-electron chi connectivity index (χ3n) is 6.92. The summed E-state index contributed by atoms with van der Waals surface area (Å²) in [5.74, 6) is 2.90. The van der Waals surface area contributed by atoms with Crippen molar-refractivity contribution in [3.05, 3.63) is 70.9 Å². The van der Waals surface area contributed by atoms with E-state index >= 15 is 0 Å². The number of benzene rings is 2. The number of hydrogen-bond donors (Lipinski definition) is 0. The molecule has 1 aliphatic heterocycles. The van der Waals surface area contributed by atoms with Crippen LogP contribution in [0.15, 0.2) is 53.4 Å². The van der Waals surface area contributed by atoms with Gasteiger partial charge in [0.05, 0.1) is 5.69 Å². The van der Waals surface area contributed by atoms with Gasteiger partial charge in [-0.05, 0) is 74.6 Å². The number of anilines is 3. The lowest BCUT2D eigenvalue weighted by Gasteiger charge is -2.35. The van der Waals surface area contributed by atoms with Crippen LogP contribution >= 0.6 is 11.8 Å². The molecule has 4 rings (SSSR count). The second-order valence-electron chi connectivity index (χ2n) is 9.64. The van der Waals surface area contributed by atoms with Gasteiger partial charge in [-0.25, -0.2) is 4.98 Å². The first kappa shape index (κ1) is 24.6. The molecule has 34 heavy (non-hydrogen) atoms. The molecule has 0 amide bonds. The minimum atomic E-state index is 0.511. The van der Waals surface area contributed by atoms with E-state index in [1.807, 2.05) is 0 Å². The van der Waals surface area contributed by atoms with E-state index in [0.29, 0.717) is 11.8 Å². The van der Waals surface area contributed by atoms with E-state index in [1.54, 1.807) is 11.8 Å². The maximum absolute atomic E-state index is 5.12. The van der Waals surface area contributed by atoms with Gasteiger partial charge in [0.15, 0.2) is 0 Å². The highest BCUT2D eigenvalue weighted by molar-refractivity contribution is 7.98. The molecule has 4 nitrogen and oxygen atoms in total. The van der Waals surface area contributed by atoms with Crippen molar-refractivity contribution in [1.82, 2.24) is 9.97 Å². The van der Waals surface area contributed by atoms with Gasteiger partial charge in [-0.2, -0.15) is 4.98 Å². The smallest absolute Gasteiger partial charge is 0.232 e. The first-order valence-electron chi connectivity index (χ1n) is 12.5. The zero-order valence-corrected chi connectivity index (χ0v) is 22.3. The zero-order valence-electron chi connectivity index (χ0n) is 21.5. The van der Waals surface area contributed by atoms with Gasteiger partial charge in [-0.1, -0.05) is 44.2 Å². The highest BCUT2D eigenvalue weighted by Gasteiger charge is 2.25. The van der Waals surface area contributed by atoms with Gasteiger partial charge in [-0.3, -0.25) is 0 Å². The van der Waals surface area contributed by atoms with E-state index in [4.69, 9.17) is 9.97 Å². The van der Waals surface area contributed by atoms with Crippen molar-refractivity contribution in [2.75, 3.05) is 35.7 Å². The molecule has 2 heterocycles. The Labute approximate surface area is 209 Å². The molecule has 0 bridgehead atoms. The van der Waals surface area contributed by atoms with Crippen LogP contribution in [0.1, 0.15) is 67.8 Å². The van der Waals surface area contributed by atoms with Gasteiger partial charge in [-0.15, -0.1) is 11.8 Å². The molecule has 2 aromatic carbocycles. The van der Waals surface area contributed by atoms with E-state index < -0.39 is 0 Å². The van der Waals surface area contributed by atoms with E-state index in [9.17, 15) is 0 Å². The molecule has 0 radical (unpaired) electrons. The van der Waals surface area contributed by atoms with Crippen molar-refractivity contribution in [3.8, 4) is 0 Å². The lowest BCUT2D eigenvalue weighted by molar-refractivity contribution is 0.505. The molecular weight excluding hydrogens is 436 g/mol. The summed E-state index contributed by atoms with van der Waals surface area (Å²) in [6.07, 6.45) is 4.57. The minimum Gasteiger partial charge on any atom is -0.356 e. The zero-order chi connectivity index (χ0) is 24.2. The largest absolute Gasteiger partial charge is 0.356 e. The van der Waals surface area contributed by atoms with Crippen molar-refractivity contribution in [3.63, 3.8) is 0 Å². The van der Waals surface area contributed by atoms with Gasteiger partial charge in [0.2, 0.25) is 5.95 Å². The molecule has 0 aliphatic carbocycles. The van der Waals surface area contributed by atoms with Gasteiger partial charge < -0.3 is 9.80 Å². The molecule has 1 atom stereocenters. The Morgan fingerprint density at radius 2 is 1.88 bits per heavy atom. The second-order valence-corrected chi connectivity index (χ2v) is 10.5.